The van der Waals surface area contributed by atoms with E-state index < -0.39 is 11.9 Å². The molecule has 0 aliphatic rings. The molecule has 15 heavy (non-hydrogen) atoms. The Morgan fingerprint density at radius 1 is 1.53 bits per heavy atom. The number of carbonyl (C=O) groups is 1. The fourth-order valence-corrected chi connectivity index (χ4v) is 1.39. The van der Waals surface area contributed by atoms with Crippen molar-refractivity contribution in [3.05, 3.63) is 34.9 Å². The van der Waals surface area contributed by atoms with E-state index in [1.54, 1.807) is 24.3 Å². The molecule has 0 N–H and O–H groups in total. The lowest BCUT2D eigenvalue weighted by Crippen LogP contribution is -2.13. The lowest BCUT2D eigenvalue weighted by atomic mass is 9.97. The number of nitriles is 1. The molecule has 0 bridgehead atoms. The van der Waals surface area contributed by atoms with Crippen LogP contribution in [0, 0.1) is 11.3 Å². The van der Waals surface area contributed by atoms with Gasteiger partial charge in [0.1, 0.15) is 0 Å². The van der Waals surface area contributed by atoms with Crippen LogP contribution in [0.25, 0.3) is 0 Å². The third-order valence-corrected chi connectivity index (χ3v) is 2.31. The van der Waals surface area contributed by atoms with Crippen LogP contribution in [0.3, 0.4) is 0 Å². The van der Waals surface area contributed by atoms with Gasteiger partial charge < -0.3 is 4.74 Å². The molecule has 1 unspecified atom stereocenters. The number of ether oxygens (including phenoxy) is 1. The third-order valence-electron chi connectivity index (χ3n) is 2.05. The highest BCUT2D eigenvalue weighted by Gasteiger charge is 2.20. The average Bonchev–Trinajstić information content (AvgIpc) is 2.26. The van der Waals surface area contributed by atoms with Gasteiger partial charge in [-0.3, -0.25) is 4.79 Å². The first-order valence-electron chi connectivity index (χ1n) is 4.39. The molecule has 4 heteroatoms. The Morgan fingerprint density at radius 2 is 2.13 bits per heavy atom. The van der Waals surface area contributed by atoms with Crippen molar-refractivity contribution in [2.24, 2.45) is 0 Å². The van der Waals surface area contributed by atoms with Crippen LogP contribution >= 0.6 is 11.6 Å². The Morgan fingerprint density at radius 3 is 2.60 bits per heavy atom. The Labute approximate surface area is 93.2 Å². The molecule has 0 saturated heterocycles. The molecule has 1 atom stereocenters. The fraction of sp³-hybridized carbons (Fsp3) is 0.273. The molecule has 1 rings (SSSR count). The fourth-order valence-electron chi connectivity index (χ4n) is 1.27. The maximum atomic E-state index is 11.4. The molecule has 1 aromatic carbocycles. The lowest BCUT2D eigenvalue weighted by molar-refractivity contribution is -0.142. The van der Waals surface area contributed by atoms with E-state index in [0.29, 0.717) is 5.02 Å². The van der Waals surface area contributed by atoms with Gasteiger partial charge in [-0.1, -0.05) is 23.7 Å². The third kappa shape index (κ3) is 2.97. The Balaban J connectivity index is 2.94. The first kappa shape index (κ1) is 11.5. The number of nitrogens with zero attached hydrogens (tertiary/aromatic N) is 1. The lowest BCUT2D eigenvalue weighted by Gasteiger charge is -2.11. The number of halogens is 1. The molecule has 78 valence electrons. The summed E-state index contributed by atoms with van der Waals surface area (Å²) in [7, 11) is 1.31. The maximum absolute atomic E-state index is 11.4. The normalized spacial score (nSPS) is 11.5. The van der Waals surface area contributed by atoms with Gasteiger partial charge in [-0.05, 0) is 17.7 Å². The highest BCUT2D eigenvalue weighted by Crippen LogP contribution is 2.22. The zero-order valence-corrected chi connectivity index (χ0v) is 8.99. The van der Waals surface area contributed by atoms with E-state index in [4.69, 9.17) is 16.9 Å². The summed E-state index contributed by atoms with van der Waals surface area (Å²) in [5.74, 6) is -0.934. The van der Waals surface area contributed by atoms with Gasteiger partial charge >= 0.3 is 5.97 Å². The largest absolute Gasteiger partial charge is 0.469 e. The van der Waals surface area contributed by atoms with Gasteiger partial charge in [-0.2, -0.15) is 5.26 Å². The van der Waals surface area contributed by atoms with E-state index >= 15 is 0 Å². The molecule has 0 fully saturated rings. The number of benzene rings is 1. The van der Waals surface area contributed by atoms with Crippen molar-refractivity contribution in [2.45, 2.75) is 12.3 Å². The van der Waals surface area contributed by atoms with Gasteiger partial charge in [0.25, 0.3) is 0 Å². The second-order valence-electron chi connectivity index (χ2n) is 2.99. The zero-order valence-electron chi connectivity index (χ0n) is 8.24. The second-order valence-corrected chi connectivity index (χ2v) is 3.43. The standard InChI is InChI=1S/C11H10ClNO2/c1-15-11(14)10(6-7-13)8-2-4-9(12)5-3-8/h2-5,10H,6H2,1H3. The molecule has 3 nitrogen and oxygen atoms in total. The summed E-state index contributed by atoms with van der Waals surface area (Å²) in [6.07, 6.45) is 0.105. The minimum Gasteiger partial charge on any atom is -0.469 e. The molecular formula is C11H10ClNO2. The monoisotopic (exact) mass is 223 g/mol. The van der Waals surface area contributed by atoms with E-state index in [-0.39, 0.29) is 6.42 Å². The van der Waals surface area contributed by atoms with Crippen LogP contribution in [0.5, 0.6) is 0 Å². The number of rotatable bonds is 3. The summed E-state index contributed by atoms with van der Waals surface area (Å²) in [5, 5.41) is 9.21. The number of esters is 1. The van der Waals surface area contributed by atoms with E-state index in [0.717, 1.165) is 5.56 Å². The van der Waals surface area contributed by atoms with Gasteiger partial charge in [-0.15, -0.1) is 0 Å². The van der Waals surface area contributed by atoms with Crippen LogP contribution in [0.15, 0.2) is 24.3 Å². The topological polar surface area (TPSA) is 50.1 Å². The molecule has 0 aliphatic carbocycles. The molecule has 0 aliphatic heterocycles. The molecule has 0 amide bonds. The molecule has 0 saturated carbocycles. The maximum Gasteiger partial charge on any atom is 0.314 e. The van der Waals surface area contributed by atoms with E-state index in [1.807, 2.05) is 6.07 Å². The molecule has 0 aromatic heterocycles. The van der Waals surface area contributed by atoms with Crippen LogP contribution in [-0.2, 0) is 9.53 Å². The van der Waals surface area contributed by atoms with Gasteiger partial charge in [0.15, 0.2) is 0 Å². The van der Waals surface area contributed by atoms with Crippen molar-refractivity contribution >= 4 is 17.6 Å². The SMILES string of the molecule is COC(=O)C(CC#N)c1ccc(Cl)cc1. The molecule has 0 heterocycles. The molecule has 0 radical (unpaired) electrons. The molecule has 1 aromatic rings. The minimum absolute atomic E-state index is 0.105. The van der Waals surface area contributed by atoms with Crippen LogP contribution in [0.2, 0.25) is 5.02 Å². The van der Waals surface area contributed by atoms with E-state index in [2.05, 4.69) is 4.74 Å². The second kappa shape index (κ2) is 5.38. The predicted octanol–water partition coefficient (Wildman–Crippen LogP) is 2.51. The Hall–Kier alpha value is -1.53. The minimum atomic E-state index is -0.530. The number of hydrogen-bond acceptors (Lipinski definition) is 3. The predicted molar refractivity (Wildman–Crippen MR) is 56.4 cm³/mol. The summed E-state index contributed by atoms with van der Waals surface area (Å²) in [4.78, 5) is 11.4. The van der Waals surface area contributed by atoms with Gasteiger partial charge in [-0.25, -0.2) is 0 Å². The highest BCUT2D eigenvalue weighted by atomic mass is 35.5. The van der Waals surface area contributed by atoms with Crippen LogP contribution in [0.1, 0.15) is 17.9 Å². The van der Waals surface area contributed by atoms with Crippen molar-refractivity contribution in [2.75, 3.05) is 7.11 Å². The average molecular weight is 224 g/mol. The summed E-state index contributed by atoms with van der Waals surface area (Å²) in [6.45, 7) is 0. The molecular weight excluding hydrogens is 214 g/mol. The summed E-state index contributed by atoms with van der Waals surface area (Å²) in [5.41, 5.74) is 0.743. The van der Waals surface area contributed by atoms with E-state index in [9.17, 15) is 4.79 Å². The summed E-state index contributed by atoms with van der Waals surface area (Å²) < 4.78 is 4.63. The van der Waals surface area contributed by atoms with Crippen molar-refractivity contribution in [1.82, 2.24) is 0 Å². The van der Waals surface area contributed by atoms with Crippen molar-refractivity contribution in [1.29, 1.82) is 5.26 Å². The Kier molecular flexibility index (Phi) is 4.14. The van der Waals surface area contributed by atoms with Crippen molar-refractivity contribution < 1.29 is 9.53 Å². The van der Waals surface area contributed by atoms with Crippen LogP contribution in [-0.4, -0.2) is 13.1 Å². The van der Waals surface area contributed by atoms with E-state index in [1.165, 1.54) is 7.11 Å². The summed E-state index contributed by atoms with van der Waals surface area (Å²) >= 11 is 5.73. The number of methoxy groups -OCH3 is 1. The number of carbonyl (C=O) groups excluding carboxylic acids is 1. The van der Waals surface area contributed by atoms with Crippen molar-refractivity contribution in [3.8, 4) is 6.07 Å². The smallest absolute Gasteiger partial charge is 0.314 e. The van der Waals surface area contributed by atoms with Gasteiger partial charge in [0.2, 0.25) is 0 Å². The summed E-state index contributed by atoms with van der Waals surface area (Å²) in [6, 6.07) is 8.78. The zero-order chi connectivity index (χ0) is 11.3. The first-order valence-corrected chi connectivity index (χ1v) is 4.77. The highest BCUT2D eigenvalue weighted by molar-refractivity contribution is 6.30. The first-order chi connectivity index (χ1) is 7.19. The van der Waals surface area contributed by atoms with Crippen LogP contribution < -0.4 is 0 Å². The Bertz CT molecular complexity index is 381. The van der Waals surface area contributed by atoms with Crippen molar-refractivity contribution in [3.63, 3.8) is 0 Å². The molecule has 0 spiro atoms. The quantitative estimate of drug-likeness (QED) is 0.740. The van der Waals surface area contributed by atoms with Gasteiger partial charge in [0.05, 0.1) is 25.5 Å². The number of hydrogen-bond donors (Lipinski definition) is 0. The van der Waals surface area contributed by atoms with Crippen LogP contribution in [0.4, 0.5) is 0 Å². The van der Waals surface area contributed by atoms with Gasteiger partial charge in [0, 0.05) is 5.02 Å².